The molecule has 0 rings (SSSR count). The van der Waals surface area contributed by atoms with Crippen LogP contribution in [0.5, 0.6) is 0 Å². The second kappa shape index (κ2) is 4.77. The van der Waals surface area contributed by atoms with Gasteiger partial charge in [0.15, 0.2) is 0 Å². The lowest BCUT2D eigenvalue weighted by Crippen LogP contribution is -2.35. The Kier molecular flexibility index (Phi) is 4.72. The van der Waals surface area contributed by atoms with Crippen molar-refractivity contribution in [1.82, 2.24) is 4.90 Å². The summed E-state index contributed by atoms with van der Waals surface area (Å²) in [5, 5.41) is 8.73. The van der Waals surface area contributed by atoms with Gasteiger partial charge in [0.2, 0.25) is 0 Å². The third kappa shape index (κ3) is 2.82. The van der Waals surface area contributed by atoms with Gasteiger partial charge >= 0.3 is 0 Å². The Morgan fingerprint density at radius 1 is 1.33 bits per heavy atom. The lowest BCUT2D eigenvalue weighted by Gasteiger charge is -2.23. The van der Waals surface area contributed by atoms with E-state index >= 15 is 0 Å². The molecule has 0 aromatic rings. The van der Waals surface area contributed by atoms with Crippen molar-refractivity contribution in [3.8, 4) is 0 Å². The minimum absolute atomic E-state index is 0.266. The summed E-state index contributed by atoms with van der Waals surface area (Å²) in [4.78, 5) is 2.22. The Labute approximate surface area is 57.5 Å². The lowest BCUT2D eigenvalue weighted by atomic mass is 10.3. The van der Waals surface area contributed by atoms with Gasteiger partial charge in [-0.3, -0.25) is 4.90 Å². The van der Waals surface area contributed by atoms with Gasteiger partial charge in [-0.05, 0) is 20.0 Å². The molecule has 1 atom stereocenters. The van der Waals surface area contributed by atoms with Crippen molar-refractivity contribution in [2.75, 3.05) is 19.7 Å². The molecule has 0 aliphatic carbocycles. The SMILES string of the molecule is CCN(CC)[C@H](C)CO. The van der Waals surface area contributed by atoms with E-state index in [9.17, 15) is 0 Å². The van der Waals surface area contributed by atoms with Crippen molar-refractivity contribution in [1.29, 1.82) is 0 Å². The Morgan fingerprint density at radius 3 is 1.89 bits per heavy atom. The first-order chi connectivity index (χ1) is 4.26. The van der Waals surface area contributed by atoms with Crippen LogP contribution in [0.2, 0.25) is 0 Å². The largest absolute Gasteiger partial charge is 0.395 e. The molecule has 9 heavy (non-hydrogen) atoms. The Balaban J connectivity index is 3.50. The Bertz CT molecular complexity index is 61.9. The predicted octanol–water partition coefficient (Wildman–Crippen LogP) is 0.709. The molecule has 0 saturated heterocycles. The van der Waals surface area contributed by atoms with E-state index in [1.54, 1.807) is 0 Å². The van der Waals surface area contributed by atoms with Gasteiger partial charge in [-0.2, -0.15) is 0 Å². The standard InChI is InChI=1S/C7H17NO/c1-4-8(5-2)7(3)6-9/h7,9H,4-6H2,1-3H3/t7-/m1/s1. The van der Waals surface area contributed by atoms with Gasteiger partial charge in [0.25, 0.3) is 0 Å². The molecule has 0 aromatic heterocycles. The maximum Gasteiger partial charge on any atom is 0.0584 e. The fourth-order valence-electron chi connectivity index (χ4n) is 0.962. The topological polar surface area (TPSA) is 23.5 Å². The number of aliphatic hydroxyl groups is 1. The third-order valence-corrected chi connectivity index (χ3v) is 1.70. The monoisotopic (exact) mass is 131 g/mol. The summed E-state index contributed by atoms with van der Waals surface area (Å²) in [6.45, 7) is 8.57. The van der Waals surface area contributed by atoms with Crippen molar-refractivity contribution < 1.29 is 5.11 Å². The second-order valence-corrected chi connectivity index (χ2v) is 2.25. The molecule has 0 heterocycles. The first kappa shape index (κ1) is 8.92. The summed E-state index contributed by atoms with van der Waals surface area (Å²) in [6, 6.07) is 0.319. The molecule has 0 bridgehead atoms. The van der Waals surface area contributed by atoms with Gasteiger partial charge in [0, 0.05) is 6.04 Å². The third-order valence-electron chi connectivity index (χ3n) is 1.70. The van der Waals surface area contributed by atoms with E-state index in [1.807, 2.05) is 6.92 Å². The Hall–Kier alpha value is -0.0800. The predicted molar refractivity (Wildman–Crippen MR) is 39.5 cm³/mol. The lowest BCUT2D eigenvalue weighted by molar-refractivity contribution is 0.145. The zero-order valence-corrected chi connectivity index (χ0v) is 6.59. The molecule has 1 N–H and O–H groups in total. The van der Waals surface area contributed by atoms with Crippen molar-refractivity contribution in [3.05, 3.63) is 0 Å². The average Bonchev–Trinajstić information content (AvgIpc) is 1.90. The minimum Gasteiger partial charge on any atom is -0.395 e. The summed E-state index contributed by atoms with van der Waals surface area (Å²) < 4.78 is 0. The highest BCUT2D eigenvalue weighted by atomic mass is 16.3. The van der Waals surface area contributed by atoms with Gasteiger partial charge in [0.1, 0.15) is 0 Å². The van der Waals surface area contributed by atoms with Gasteiger partial charge < -0.3 is 5.11 Å². The number of aliphatic hydroxyl groups excluding tert-OH is 1. The molecule has 56 valence electrons. The molecule has 0 amide bonds. The quantitative estimate of drug-likeness (QED) is 0.607. The molecule has 0 unspecified atom stereocenters. The molecular formula is C7H17NO. The fourth-order valence-corrected chi connectivity index (χ4v) is 0.962. The van der Waals surface area contributed by atoms with E-state index in [2.05, 4.69) is 18.7 Å². The molecule has 0 aromatic carbocycles. The maximum absolute atomic E-state index is 8.73. The summed E-state index contributed by atoms with van der Waals surface area (Å²) in [5.41, 5.74) is 0. The van der Waals surface area contributed by atoms with Crippen LogP contribution in [0.4, 0.5) is 0 Å². The summed E-state index contributed by atoms with van der Waals surface area (Å²) in [7, 11) is 0. The molecule has 0 aliphatic rings. The highest BCUT2D eigenvalue weighted by molar-refractivity contribution is 4.61. The van der Waals surface area contributed by atoms with E-state index in [-0.39, 0.29) is 6.61 Å². The van der Waals surface area contributed by atoms with Crippen LogP contribution in [0.25, 0.3) is 0 Å². The zero-order valence-electron chi connectivity index (χ0n) is 6.59. The molecule has 2 heteroatoms. The molecular weight excluding hydrogens is 114 g/mol. The summed E-state index contributed by atoms with van der Waals surface area (Å²) in [6.07, 6.45) is 0. The summed E-state index contributed by atoms with van der Waals surface area (Å²) >= 11 is 0. The maximum atomic E-state index is 8.73. The summed E-state index contributed by atoms with van der Waals surface area (Å²) in [5.74, 6) is 0. The Morgan fingerprint density at radius 2 is 1.78 bits per heavy atom. The zero-order chi connectivity index (χ0) is 7.28. The van der Waals surface area contributed by atoms with Gasteiger partial charge in [0.05, 0.1) is 6.61 Å². The van der Waals surface area contributed by atoms with Crippen LogP contribution in [0.15, 0.2) is 0 Å². The first-order valence-corrected chi connectivity index (χ1v) is 3.61. The fraction of sp³-hybridized carbons (Fsp3) is 1.00. The van der Waals surface area contributed by atoms with E-state index in [0.717, 1.165) is 13.1 Å². The highest BCUT2D eigenvalue weighted by Gasteiger charge is 2.06. The molecule has 2 nitrogen and oxygen atoms in total. The van der Waals surface area contributed by atoms with E-state index in [4.69, 9.17) is 5.11 Å². The molecule has 0 aliphatic heterocycles. The normalized spacial score (nSPS) is 14.3. The van der Waals surface area contributed by atoms with Crippen molar-refractivity contribution in [3.63, 3.8) is 0 Å². The van der Waals surface area contributed by atoms with Crippen molar-refractivity contribution in [2.45, 2.75) is 26.8 Å². The molecule has 0 spiro atoms. The minimum atomic E-state index is 0.266. The van der Waals surface area contributed by atoms with E-state index < -0.39 is 0 Å². The number of nitrogens with zero attached hydrogens (tertiary/aromatic N) is 1. The van der Waals surface area contributed by atoms with E-state index in [1.165, 1.54) is 0 Å². The molecule has 0 saturated carbocycles. The van der Waals surface area contributed by atoms with Gasteiger partial charge in [-0.1, -0.05) is 13.8 Å². The van der Waals surface area contributed by atoms with Crippen molar-refractivity contribution in [2.24, 2.45) is 0 Å². The van der Waals surface area contributed by atoms with Gasteiger partial charge in [-0.25, -0.2) is 0 Å². The number of hydrogen-bond acceptors (Lipinski definition) is 2. The highest BCUT2D eigenvalue weighted by Crippen LogP contribution is 1.95. The second-order valence-electron chi connectivity index (χ2n) is 2.25. The van der Waals surface area contributed by atoms with Crippen LogP contribution in [-0.2, 0) is 0 Å². The van der Waals surface area contributed by atoms with Crippen molar-refractivity contribution >= 4 is 0 Å². The number of rotatable bonds is 4. The average molecular weight is 131 g/mol. The van der Waals surface area contributed by atoms with Crippen LogP contribution in [0, 0.1) is 0 Å². The van der Waals surface area contributed by atoms with Crippen LogP contribution >= 0.6 is 0 Å². The van der Waals surface area contributed by atoms with E-state index in [0.29, 0.717) is 6.04 Å². The van der Waals surface area contributed by atoms with Crippen LogP contribution in [-0.4, -0.2) is 35.7 Å². The van der Waals surface area contributed by atoms with Crippen LogP contribution in [0.3, 0.4) is 0 Å². The molecule has 0 radical (unpaired) electrons. The van der Waals surface area contributed by atoms with Crippen LogP contribution in [0.1, 0.15) is 20.8 Å². The smallest absolute Gasteiger partial charge is 0.0584 e. The first-order valence-electron chi connectivity index (χ1n) is 3.61. The number of hydrogen-bond donors (Lipinski definition) is 1. The molecule has 0 fully saturated rings. The number of likely N-dealkylation sites (N-methyl/N-ethyl adjacent to an activating group) is 1. The van der Waals surface area contributed by atoms with Gasteiger partial charge in [-0.15, -0.1) is 0 Å². The van der Waals surface area contributed by atoms with Crippen LogP contribution < -0.4 is 0 Å².